The van der Waals surface area contributed by atoms with Crippen LogP contribution in [0.1, 0.15) is 27.0 Å². The van der Waals surface area contributed by atoms with E-state index in [0.29, 0.717) is 6.42 Å². The zero-order valence-corrected chi connectivity index (χ0v) is 18.3. The number of fused-ring (bicyclic) bond motifs is 1. The van der Waals surface area contributed by atoms with Crippen LogP contribution in [0.15, 0.2) is 41.5 Å². The quantitative estimate of drug-likeness (QED) is 0.281. The lowest BCUT2D eigenvalue weighted by Crippen LogP contribution is -2.51. The van der Waals surface area contributed by atoms with Gasteiger partial charge in [0.05, 0.1) is 12.1 Å². The van der Waals surface area contributed by atoms with Gasteiger partial charge >= 0.3 is 0 Å². The second kappa shape index (κ2) is 8.73. The number of benzene rings is 1. The predicted molar refractivity (Wildman–Crippen MR) is 117 cm³/mol. The lowest BCUT2D eigenvalue weighted by atomic mass is 10.1. The van der Waals surface area contributed by atoms with Gasteiger partial charge in [-0.05, 0) is 17.7 Å². The van der Waals surface area contributed by atoms with E-state index in [1.165, 1.54) is 41.3 Å². The van der Waals surface area contributed by atoms with Gasteiger partial charge < -0.3 is 19.7 Å². The molecule has 0 saturated heterocycles. The molecule has 1 aliphatic heterocycles. The summed E-state index contributed by atoms with van der Waals surface area (Å²) in [5, 5.41) is 21.2. The number of pyridine rings is 1. The molecule has 2 amide bonds. The lowest BCUT2D eigenvalue weighted by molar-refractivity contribution is -0.134. The highest BCUT2D eigenvalue weighted by Crippen LogP contribution is 2.31. The molecule has 0 bridgehead atoms. The number of likely N-dealkylation sites (N-methyl/N-ethyl adjacent to an activating group) is 1. The summed E-state index contributed by atoms with van der Waals surface area (Å²) in [4.78, 5) is 44.3. The molecule has 2 aromatic heterocycles. The third kappa shape index (κ3) is 4.11. The number of carbonyl (C=O) groups excluding carboxylic acids is 2. The number of aromatic hydroxyl groups is 1. The van der Waals surface area contributed by atoms with Crippen molar-refractivity contribution in [3.8, 4) is 16.3 Å². The Morgan fingerprint density at radius 3 is 2.67 bits per heavy atom. The van der Waals surface area contributed by atoms with Crippen LogP contribution in [0, 0.1) is 5.82 Å². The fraction of sp³-hybridized carbons (Fsp3) is 0.238. The van der Waals surface area contributed by atoms with E-state index < -0.39 is 41.5 Å². The number of halogens is 1. The molecule has 4 rings (SSSR count). The summed E-state index contributed by atoms with van der Waals surface area (Å²) in [6.07, 6.45) is 3.33. The van der Waals surface area contributed by atoms with Crippen molar-refractivity contribution in [2.45, 2.75) is 12.5 Å². The summed E-state index contributed by atoms with van der Waals surface area (Å²) in [6, 6.07) is 4.93. The van der Waals surface area contributed by atoms with Gasteiger partial charge in [-0.2, -0.15) is 0 Å². The molecule has 33 heavy (non-hydrogen) atoms. The van der Waals surface area contributed by atoms with Gasteiger partial charge in [-0.1, -0.05) is 12.1 Å². The van der Waals surface area contributed by atoms with Crippen molar-refractivity contribution < 1.29 is 24.2 Å². The van der Waals surface area contributed by atoms with Gasteiger partial charge in [-0.15, -0.1) is 11.3 Å². The molecule has 0 fully saturated rings. The number of hydrazine groups is 1. The molecule has 12 heteroatoms. The molecule has 0 saturated carbocycles. The third-order valence-electron chi connectivity index (χ3n) is 5.31. The molecule has 1 aromatic carbocycles. The second-order valence-electron chi connectivity index (χ2n) is 7.55. The third-order valence-corrected chi connectivity index (χ3v) is 6.34. The Labute approximate surface area is 190 Å². The summed E-state index contributed by atoms with van der Waals surface area (Å²) < 4.78 is 14.3. The molecule has 1 atom stereocenters. The number of amides is 2. The van der Waals surface area contributed by atoms with Crippen LogP contribution in [0.25, 0.3) is 10.6 Å². The molecule has 3 heterocycles. The van der Waals surface area contributed by atoms with Crippen molar-refractivity contribution in [2.75, 3.05) is 20.3 Å². The maximum Gasteiger partial charge on any atom is 0.276 e. The zero-order valence-electron chi connectivity index (χ0n) is 17.4. The Morgan fingerprint density at radius 2 is 2.03 bits per heavy atom. The van der Waals surface area contributed by atoms with E-state index in [0.717, 1.165) is 20.3 Å². The monoisotopic (exact) mass is 473 g/mol. The number of hydrogen-bond donors (Lipinski definition) is 3. The predicted octanol–water partition coefficient (Wildman–Crippen LogP) is 0.686. The largest absolute Gasteiger partial charge is 0.503 e. The van der Waals surface area contributed by atoms with Crippen LogP contribution in [0.4, 0.5) is 4.39 Å². The van der Waals surface area contributed by atoms with Crippen LogP contribution in [0.2, 0.25) is 0 Å². The number of nitrogens with two attached hydrogens (primary N) is 1. The van der Waals surface area contributed by atoms with Crippen molar-refractivity contribution in [2.24, 2.45) is 5.84 Å². The van der Waals surface area contributed by atoms with E-state index in [-0.39, 0.29) is 22.9 Å². The van der Waals surface area contributed by atoms with Gasteiger partial charge in [-0.3, -0.25) is 19.4 Å². The smallest absolute Gasteiger partial charge is 0.276 e. The van der Waals surface area contributed by atoms with Crippen molar-refractivity contribution in [1.82, 2.24) is 19.5 Å². The average molecular weight is 473 g/mol. The Kier molecular flexibility index (Phi) is 5.97. The molecular formula is C21H20FN5O5S. The lowest BCUT2D eigenvalue weighted by Gasteiger charge is -2.35. The fourth-order valence-corrected chi connectivity index (χ4v) is 4.58. The van der Waals surface area contributed by atoms with Gasteiger partial charge in [0.2, 0.25) is 5.43 Å². The van der Waals surface area contributed by atoms with Gasteiger partial charge in [0.25, 0.3) is 11.8 Å². The number of carbonyl (C=O) groups is 2. The number of hydrogen-bond acceptors (Lipinski definition) is 8. The maximum absolute atomic E-state index is 13.1. The van der Waals surface area contributed by atoms with Crippen molar-refractivity contribution in [3.63, 3.8) is 0 Å². The SMILES string of the molecule is CN(N)C(=O)C1CN(CO)C(=O)c2c(O)c(=O)c(-c3ncc(Cc4ccc(F)cc4)s3)cn21. The highest BCUT2D eigenvalue weighted by atomic mass is 32.1. The molecular weight excluding hydrogens is 453 g/mol. The topological polar surface area (TPSA) is 142 Å². The molecule has 0 aliphatic carbocycles. The number of nitrogens with zero attached hydrogens (tertiary/aromatic N) is 4. The van der Waals surface area contributed by atoms with E-state index in [2.05, 4.69) is 4.98 Å². The summed E-state index contributed by atoms with van der Waals surface area (Å²) in [6.45, 7) is -0.899. The number of aliphatic hydroxyl groups is 1. The number of aliphatic hydroxyl groups excluding tert-OH is 1. The molecule has 172 valence electrons. The normalized spacial score (nSPS) is 15.5. The van der Waals surface area contributed by atoms with Gasteiger partial charge in [0, 0.05) is 30.7 Å². The molecule has 0 spiro atoms. The van der Waals surface area contributed by atoms with Gasteiger partial charge in [0.1, 0.15) is 23.6 Å². The highest BCUT2D eigenvalue weighted by Gasteiger charge is 2.38. The molecule has 10 nitrogen and oxygen atoms in total. The molecule has 1 aliphatic rings. The van der Waals surface area contributed by atoms with E-state index in [1.54, 1.807) is 18.3 Å². The number of thiazole rings is 1. The average Bonchev–Trinajstić information content (AvgIpc) is 3.25. The highest BCUT2D eigenvalue weighted by molar-refractivity contribution is 7.15. The van der Waals surface area contributed by atoms with Crippen molar-refractivity contribution in [3.05, 3.63) is 68.8 Å². The van der Waals surface area contributed by atoms with E-state index in [4.69, 9.17) is 5.84 Å². The minimum Gasteiger partial charge on any atom is -0.503 e. The summed E-state index contributed by atoms with van der Waals surface area (Å²) >= 11 is 1.20. The molecule has 0 radical (unpaired) electrons. The Hall–Kier alpha value is -3.61. The first-order chi connectivity index (χ1) is 15.7. The molecule has 1 unspecified atom stereocenters. The number of rotatable bonds is 5. The van der Waals surface area contributed by atoms with Crippen molar-refractivity contribution in [1.29, 1.82) is 0 Å². The van der Waals surface area contributed by atoms with Crippen LogP contribution in [-0.2, 0) is 11.2 Å². The van der Waals surface area contributed by atoms with Gasteiger partial charge in [-0.25, -0.2) is 15.2 Å². The van der Waals surface area contributed by atoms with Crippen LogP contribution < -0.4 is 11.3 Å². The first kappa shape index (κ1) is 22.6. The minimum absolute atomic E-state index is 0.00864. The van der Waals surface area contributed by atoms with Crippen molar-refractivity contribution >= 4 is 23.2 Å². The Balaban J connectivity index is 1.78. The van der Waals surface area contributed by atoms with Crippen LogP contribution >= 0.6 is 11.3 Å². The van der Waals surface area contributed by atoms with E-state index >= 15 is 0 Å². The van der Waals surface area contributed by atoms with Crippen LogP contribution in [-0.4, -0.2) is 61.8 Å². The first-order valence-corrected chi connectivity index (χ1v) is 10.6. The standard InChI is InChI=1S/C21H20FN5O5S/c1-25(23)20(31)15-9-26(10-28)21(32)16-18(30)17(29)14(8-27(15)16)19-24-7-13(33-19)6-11-2-4-12(22)5-3-11/h2-5,7-8,15,28,30H,6,9-10,23H2,1H3. The Morgan fingerprint density at radius 1 is 1.33 bits per heavy atom. The minimum atomic E-state index is -1.07. The van der Waals surface area contributed by atoms with E-state index in [1.807, 2.05) is 0 Å². The Bertz CT molecular complexity index is 1290. The second-order valence-corrected chi connectivity index (χ2v) is 8.66. The van der Waals surface area contributed by atoms with Crippen LogP contribution in [0.5, 0.6) is 5.75 Å². The maximum atomic E-state index is 13.1. The summed E-state index contributed by atoms with van der Waals surface area (Å²) in [7, 11) is 1.33. The molecule has 3 aromatic rings. The summed E-state index contributed by atoms with van der Waals surface area (Å²) in [5.41, 5.74) is -0.381. The van der Waals surface area contributed by atoms with E-state index in [9.17, 15) is 29.0 Å². The van der Waals surface area contributed by atoms with Gasteiger partial charge in [0.15, 0.2) is 11.4 Å². The first-order valence-electron chi connectivity index (χ1n) is 9.81. The molecule has 4 N–H and O–H groups in total. The van der Waals surface area contributed by atoms with Crippen LogP contribution in [0.3, 0.4) is 0 Å². The summed E-state index contributed by atoms with van der Waals surface area (Å²) in [5.74, 6) is 3.02. The fourth-order valence-electron chi connectivity index (χ4n) is 3.63. The zero-order chi connectivity index (χ0) is 23.9. The number of aromatic nitrogens is 2.